The van der Waals surface area contributed by atoms with Crippen molar-refractivity contribution < 1.29 is 4.74 Å². The molecular formula is C17H22N2OS. The van der Waals surface area contributed by atoms with Crippen molar-refractivity contribution in [2.24, 2.45) is 5.84 Å². The van der Waals surface area contributed by atoms with Crippen LogP contribution in [0, 0.1) is 13.8 Å². The molecule has 2 aromatic rings. The number of hydrogen-bond acceptors (Lipinski definition) is 4. The van der Waals surface area contributed by atoms with E-state index < -0.39 is 0 Å². The van der Waals surface area contributed by atoms with Crippen LogP contribution in [-0.4, -0.2) is 12.9 Å². The van der Waals surface area contributed by atoms with Gasteiger partial charge in [0, 0.05) is 16.2 Å². The van der Waals surface area contributed by atoms with Gasteiger partial charge in [0.05, 0.1) is 13.2 Å². The highest BCUT2D eigenvalue weighted by Gasteiger charge is 2.16. The molecule has 0 heterocycles. The first kappa shape index (κ1) is 15.9. The summed E-state index contributed by atoms with van der Waals surface area (Å²) >= 11 is 1.80. The maximum atomic E-state index is 5.76. The zero-order chi connectivity index (χ0) is 15.2. The van der Waals surface area contributed by atoms with E-state index in [1.807, 2.05) is 12.1 Å². The Morgan fingerprint density at radius 2 is 1.95 bits per heavy atom. The molecule has 0 saturated carbocycles. The highest BCUT2D eigenvalue weighted by atomic mass is 32.2. The predicted octanol–water partition coefficient (Wildman–Crippen LogP) is 3.61. The van der Waals surface area contributed by atoms with Crippen LogP contribution in [0.3, 0.4) is 0 Å². The molecule has 0 radical (unpaired) electrons. The molecule has 1 atom stereocenters. The first-order valence-corrected chi connectivity index (χ1v) is 7.93. The second-order valence-corrected chi connectivity index (χ2v) is 6.10. The van der Waals surface area contributed by atoms with Gasteiger partial charge in [-0.1, -0.05) is 35.9 Å². The monoisotopic (exact) mass is 302 g/mol. The van der Waals surface area contributed by atoms with E-state index in [2.05, 4.69) is 49.6 Å². The van der Waals surface area contributed by atoms with Gasteiger partial charge >= 0.3 is 0 Å². The zero-order valence-electron chi connectivity index (χ0n) is 12.7. The molecule has 0 aliphatic rings. The molecule has 3 N–H and O–H groups in total. The van der Waals surface area contributed by atoms with E-state index in [0.717, 1.165) is 17.1 Å². The van der Waals surface area contributed by atoms with Crippen molar-refractivity contribution in [3.63, 3.8) is 0 Å². The third kappa shape index (κ3) is 4.00. The molecule has 0 spiro atoms. The van der Waals surface area contributed by atoms with Gasteiger partial charge in [-0.15, -0.1) is 11.8 Å². The van der Waals surface area contributed by atoms with Gasteiger partial charge in [0.15, 0.2) is 0 Å². The lowest BCUT2D eigenvalue weighted by Gasteiger charge is -2.19. The third-order valence-corrected chi connectivity index (χ3v) is 4.73. The summed E-state index contributed by atoms with van der Waals surface area (Å²) in [5, 5.41) is 0. The summed E-state index contributed by atoms with van der Waals surface area (Å²) in [7, 11) is 1.69. The van der Waals surface area contributed by atoms with Gasteiger partial charge in [0.25, 0.3) is 0 Å². The van der Waals surface area contributed by atoms with Gasteiger partial charge in [-0.05, 0) is 31.5 Å². The van der Waals surface area contributed by atoms with E-state index in [1.165, 1.54) is 16.0 Å². The van der Waals surface area contributed by atoms with Crippen LogP contribution in [0.25, 0.3) is 0 Å². The van der Waals surface area contributed by atoms with Gasteiger partial charge in [-0.3, -0.25) is 11.3 Å². The molecule has 4 heteroatoms. The Hall–Kier alpha value is -1.49. The summed E-state index contributed by atoms with van der Waals surface area (Å²) < 4.78 is 5.45. The molecule has 0 aliphatic heterocycles. The van der Waals surface area contributed by atoms with Crippen LogP contribution in [0.2, 0.25) is 0 Å². The van der Waals surface area contributed by atoms with E-state index in [1.54, 1.807) is 18.9 Å². The number of rotatable bonds is 6. The van der Waals surface area contributed by atoms with Crippen LogP contribution < -0.4 is 16.0 Å². The van der Waals surface area contributed by atoms with Crippen molar-refractivity contribution in [1.29, 1.82) is 0 Å². The molecule has 0 saturated heterocycles. The van der Waals surface area contributed by atoms with Crippen LogP contribution in [0.4, 0.5) is 0 Å². The number of thioether (sulfide) groups is 1. The van der Waals surface area contributed by atoms with Gasteiger partial charge in [-0.25, -0.2) is 0 Å². The van der Waals surface area contributed by atoms with E-state index in [9.17, 15) is 0 Å². The number of ether oxygens (including phenoxy) is 1. The predicted molar refractivity (Wildman–Crippen MR) is 89.7 cm³/mol. The number of hydrogen-bond donors (Lipinski definition) is 2. The second-order valence-electron chi connectivity index (χ2n) is 5.04. The molecule has 0 bridgehead atoms. The summed E-state index contributed by atoms with van der Waals surface area (Å²) in [4.78, 5) is 1.28. The number of benzene rings is 2. The smallest absolute Gasteiger partial charge is 0.123 e. The Morgan fingerprint density at radius 1 is 1.19 bits per heavy atom. The Labute approximate surface area is 130 Å². The minimum Gasteiger partial charge on any atom is -0.496 e. The maximum absolute atomic E-state index is 5.76. The fourth-order valence-corrected chi connectivity index (χ4v) is 3.34. The van der Waals surface area contributed by atoms with E-state index in [4.69, 9.17) is 10.6 Å². The molecule has 2 aromatic carbocycles. The molecule has 0 aromatic heterocycles. The summed E-state index contributed by atoms with van der Waals surface area (Å²) in [6.45, 7) is 4.20. The molecule has 21 heavy (non-hydrogen) atoms. The second kappa shape index (κ2) is 7.50. The van der Waals surface area contributed by atoms with Gasteiger partial charge in [0.2, 0.25) is 0 Å². The SMILES string of the molecule is COc1ccc(C)cc1C(CSc1ccccc1C)NN. The van der Waals surface area contributed by atoms with Crippen molar-refractivity contribution in [3.8, 4) is 5.75 Å². The summed E-state index contributed by atoms with van der Waals surface area (Å²) in [6.07, 6.45) is 0. The number of methoxy groups -OCH3 is 1. The van der Waals surface area contributed by atoms with Crippen LogP contribution >= 0.6 is 11.8 Å². The number of nitrogens with two attached hydrogens (primary N) is 1. The highest BCUT2D eigenvalue weighted by molar-refractivity contribution is 7.99. The lowest BCUT2D eigenvalue weighted by Crippen LogP contribution is -2.30. The van der Waals surface area contributed by atoms with Crippen molar-refractivity contribution in [3.05, 3.63) is 59.2 Å². The van der Waals surface area contributed by atoms with Crippen LogP contribution in [0.5, 0.6) is 5.75 Å². The number of nitrogens with one attached hydrogen (secondary N) is 1. The van der Waals surface area contributed by atoms with Crippen LogP contribution in [0.15, 0.2) is 47.4 Å². The fourth-order valence-electron chi connectivity index (χ4n) is 2.25. The first-order valence-electron chi connectivity index (χ1n) is 6.94. The van der Waals surface area contributed by atoms with Crippen molar-refractivity contribution in [2.75, 3.05) is 12.9 Å². The molecule has 0 aliphatic carbocycles. The first-order chi connectivity index (χ1) is 10.2. The van der Waals surface area contributed by atoms with Crippen molar-refractivity contribution >= 4 is 11.8 Å². The average Bonchev–Trinajstić information content (AvgIpc) is 2.50. The molecule has 2 rings (SSSR count). The third-order valence-electron chi connectivity index (χ3n) is 3.46. The Kier molecular flexibility index (Phi) is 5.67. The lowest BCUT2D eigenvalue weighted by molar-refractivity contribution is 0.402. The van der Waals surface area contributed by atoms with Gasteiger partial charge in [-0.2, -0.15) is 0 Å². The van der Waals surface area contributed by atoms with Crippen LogP contribution in [-0.2, 0) is 0 Å². The standard InChI is InChI=1S/C17H22N2OS/c1-12-8-9-16(20-3)14(10-12)15(19-18)11-21-17-7-5-4-6-13(17)2/h4-10,15,19H,11,18H2,1-3H3. The highest BCUT2D eigenvalue weighted by Crippen LogP contribution is 2.31. The minimum absolute atomic E-state index is 0.0458. The topological polar surface area (TPSA) is 47.3 Å². The largest absolute Gasteiger partial charge is 0.496 e. The van der Waals surface area contributed by atoms with Crippen molar-refractivity contribution in [1.82, 2.24) is 5.43 Å². The van der Waals surface area contributed by atoms with Gasteiger partial charge < -0.3 is 4.74 Å². The Morgan fingerprint density at radius 3 is 2.62 bits per heavy atom. The normalized spacial score (nSPS) is 12.2. The number of hydrazine groups is 1. The molecule has 0 fully saturated rings. The van der Waals surface area contributed by atoms with Gasteiger partial charge in [0.1, 0.15) is 5.75 Å². The lowest BCUT2D eigenvalue weighted by atomic mass is 10.0. The molecular weight excluding hydrogens is 280 g/mol. The summed E-state index contributed by atoms with van der Waals surface area (Å²) in [5.41, 5.74) is 6.49. The molecule has 1 unspecified atom stereocenters. The van der Waals surface area contributed by atoms with E-state index in [-0.39, 0.29) is 6.04 Å². The van der Waals surface area contributed by atoms with Crippen LogP contribution in [0.1, 0.15) is 22.7 Å². The van der Waals surface area contributed by atoms with E-state index >= 15 is 0 Å². The summed E-state index contributed by atoms with van der Waals surface area (Å²) in [6, 6.07) is 14.6. The summed E-state index contributed by atoms with van der Waals surface area (Å²) in [5.74, 6) is 7.48. The Bertz CT molecular complexity index is 601. The molecule has 112 valence electrons. The Balaban J connectivity index is 2.17. The molecule has 3 nitrogen and oxygen atoms in total. The van der Waals surface area contributed by atoms with Crippen molar-refractivity contribution in [2.45, 2.75) is 24.8 Å². The number of aryl methyl sites for hydroxylation is 2. The quantitative estimate of drug-likeness (QED) is 0.486. The maximum Gasteiger partial charge on any atom is 0.123 e. The average molecular weight is 302 g/mol. The molecule has 0 amide bonds. The minimum atomic E-state index is 0.0458. The zero-order valence-corrected chi connectivity index (χ0v) is 13.5. The van der Waals surface area contributed by atoms with E-state index in [0.29, 0.717) is 0 Å². The fraction of sp³-hybridized carbons (Fsp3) is 0.294.